The largest absolute Gasteiger partial charge is 0.319 e. The maximum atomic E-state index is 5.81. The first-order chi connectivity index (χ1) is 6.31. The zero-order valence-corrected chi connectivity index (χ0v) is 7.66. The van der Waals surface area contributed by atoms with Gasteiger partial charge in [-0.3, -0.25) is 4.98 Å². The van der Waals surface area contributed by atoms with Crippen LogP contribution < -0.4 is 5.73 Å². The summed E-state index contributed by atoms with van der Waals surface area (Å²) < 4.78 is 0. The lowest BCUT2D eigenvalue weighted by Crippen LogP contribution is -2.09. The third-order valence-electron chi connectivity index (χ3n) is 2.55. The number of nitrogens with zero attached hydrogens (tertiary/aromatic N) is 1. The van der Waals surface area contributed by atoms with Gasteiger partial charge in [0.2, 0.25) is 0 Å². The van der Waals surface area contributed by atoms with Crippen LogP contribution in [0.1, 0.15) is 29.4 Å². The average molecular weight is 174 g/mol. The van der Waals surface area contributed by atoms with Crippen molar-refractivity contribution in [2.24, 2.45) is 5.73 Å². The van der Waals surface area contributed by atoms with Gasteiger partial charge in [-0.05, 0) is 30.9 Å². The molecule has 68 valence electrons. The molecule has 1 aromatic heterocycles. The van der Waals surface area contributed by atoms with Gasteiger partial charge < -0.3 is 5.73 Å². The third kappa shape index (κ3) is 1.49. The Labute approximate surface area is 78.5 Å². The molecule has 0 saturated heterocycles. The van der Waals surface area contributed by atoms with E-state index < -0.39 is 0 Å². The van der Waals surface area contributed by atoms with Crippen molar-refractivity contribution in [3.63, 3.8) is 0 Å². The minimum absolute atomic E-state index is 0.120. The third-order valence-corrected chi connectivity index (χ3v) is 2.55. The van der Waals surface area contributed by atoms with E-state index >= 15 is 0 Å². The molecule has 0 spiro atoms. The van der Waals surface area contributed by atoms with Crippen molar-refractivity contribution in [1.82, 2.24) is 4.98 Å². The fraction of sp³-hybridized carbons (Fsp3) is 0.364. The van der Waals surface area contributed by atoms with Crippen LogP contribution in [-0.4, -0.2) is 4.98 Å². The molecule has 1 unspecified atom stereocenters. The highest BCUT2D eigenvalue weighted by Gasteiger charge is 2.13. The van der Waals surface area contributed by atoms with Crippen molar-refractivity contribution in [3.8, 4) is 0 Å². The maximum absolute atomic E-state index is 5.81. The molecule has 1 aromatic rings. The minimum Gasteiger partial charge on any atom is -0.319 e. The number of hydrogen-bond acceptors (Lipinski definition) is 2. The summed E-state index contributed by atoms with van der Waals surface area (Å²) in [5, 5.41) is 0. The highest BCUT2D eigenvalue weighted by molar-refractivity contribution is 5.28. The molecule has 0 aromatic carbocycles. The van der Waals surface area contributed by atoms with Crippen LogP contribution in [0.4, 0.5) is 0 Å². The monoisotopic (exact) mass is 174 g/mol. The SMILES string of the molecule is C=CC(N)c1ccc2c(n1)CCC2. The van der Waals surface area contributed by atoms with E-state index in [1.807, 2.05) is 6.07 Å². The summed E-state index contributed by atoms with van der Waals surface area (Å²) in [6, 6.07) is 4.04. The Hall–Kier alpha value is -1.15. The van der Waals surface area contributed by atoms with Crippen molar-refractivity contribution in [3.05, 3.63) is 41.7 Å². The van der Waals surface area contributed by atoms with Crippen molar-refractivity contribution < 1.29 is 0 Å². The van der Waals surface area contributed by atoms with Crippen LogP contribution in [0.15, 0.2) is 24.8 Å². The second kappa shape index (κ2) is 3.30. The van der Waals surface area contributed by atoms with Crippen LogP contribution in [0.3, 0.4) is 0 Å². The van der Waals surface area contributed by atoms with Crippen molar-refractivity contribution in [2.75, 3.05) is 0 Å². The number of rotatable bonds is 2. The predicted molar refractivity (Wildman–Crippen MR) is 53.4 cm³/mol. The molecular formula is C11H14N2. The average Bonchev–Trinajstić information content (AvgIpc) is 2.63. The summed E-state index contributed by atoms with van der Waals surface area (Å²) in [5.41, 5.74) is 9.37. The van der Waals surface area contributed by atoms with Gasteiger partial charge in [0.25, 0.3) is 0 Å². The lowest BCUT2D eigenvalue weighted by molar-refractivity contribution is 0.839. The summed E-state index contributed by atoms with van der Waals surface area (Å²) in [5.74, 6) is 0. The standard InChI is InChI=1S/C11H14N2/c1-2-9(12)11-7-6-8-4-3-5-10(8)13-11/h2,6-7,9H,1,3-5,12H2. The molecule has 0 fully saturated rings. The van der Waals surface area contributed by atoms with Gasteiger partial charge in [-0.1, -0.05) is 12.1 Å². The highest BCUT2D eigenvalue weighted by atomic mass is 14.8. The van der Waals surface area contributed by atoms with Crippen LogP contribution in [0.25, 0.3) is 0 Å². The van der Waals surface area contributed by atoms with Gasteiger partial charge in [0.05, 0.1) is 11.7 Å². The maximum Gasteiger partial charge on any atom is 0.0653 e. The Balaban J connectivity index is 2.35. The van der Waals surface area contributed by atoms with E-state index in [-0.39, 0.29) is 6.04 Å². The molecule has 2 rings (SSSR count). The number of pyridine rings is 1. The first-order valence-electron chi connectivity index (χ1n) is 4.68. The molecule has 0 amide bonds. The molecule has 1 aliphatic rings. The van der Waals surface area contributed by atoms with Crippen molar-refractivity contribution in [2.45, 2.75) is 25.3 Å². The van der Waals surface area contributed by atoms with Crippen LogP contribution in [-0.2, 0) is 12.8 Å². The van der Waals surface area contributed by atoms with Gasteiger partial charge >= 0.3 is 0 Å². The smallest absolute Gasteiger partial charge is 0.0653 e. The van der Waals surface area contributed by atoms with Crippen molar-refractivity contribution >= 4 is 0 Å². The second-order valence-corrected chi connectivity index (χ2v) is 3.46. The van der Waals surface area contributed by atoms with Crippen molar-refractivity contribution in [1.29, 1.82) is 0 Å². The molecule has 2 N–H and O–H groups in total. The zero-order chi connectivity index (χ0) is 9.26. The number of hydrogen-bond donors (Lipinski definition) is 1. The van der Waals surface area contributed by atoms with E-state index in [1.165, 1.54) is 24.1 Å². The molecule has 0 bridgehead atoms. The zero-order valence-electron chi connectivity index (χ0n) is 7.66. The van der Waals surface area contributed by atoms with E-state index in [4.69, 9.17) is 5.73 Å². The Bertz CT molecular complexity index is 331. The number of nitrogens with two attached hydrogens (primary N) is 1. The quantitative estimate of drug-likeness (QED) is 0.694. The van der Waals surface area contributed by atoms with Crippen LogP contribution in [0.2, 0.25) is 0 Å². The molecular weight excluding hydrogens is 160 g/mol. The predicted octanol–water partition coefficient (Wildman–Crippen LogP) is 1.76. The van der Waals surface area contributed by atoms with Gasteiger partial charge in [0, 0.05) is 5.69 Å². The molecule has 0 saturated carbocycles. The van der Waals surface area contributed by atoms with E-state index in [0.29, 0.717) is 0 Å². The van der Waals surface area contributed by atoms with Gasteiger partial charge in [-0.15, -0.1) is 6.58 Å². The summed E-state index contributed by atoms with van der Waals surface area (Å²) in [7, 11) is 0. The molecule has 1 heterocycles. The number of fused-ring (bicyclic) bond motifs is 1. The van der Waals surface area contributed by atoms with E-state index in [0.717, 1.165) is 12.1 Å². The van der Waals surface area contributed by atoms with Gasteiger partial charge in [0.1, 0.15) is 0 Å². The van der Waals surface area contributed by atoms with Gasteiger partial charge in [-0.25, -0.2) is 0 Å². The topological polar surface area (TPSA) is 38.9 Å². The molecule has 1 atom stereocenters. The van der Waals surface area contributed by atoms with Crippen LogP contribution >= 0.6 is 0 Å². The molecule has 13 heavy (non-hydrogen) atoms. The summed E-state index contributed by atoms with van der Waals surface area (Å²) >= 11 is 0. The number of aromatic nitrogens is 1. The fourth-order valence-electron chi connectivity index (χ4n) is 1.74. The molecule has 0 radical (unpaired) electrons. The molecule has 0 aliphatic heterocycles. The minimum atomic E-state index is -0.120. The Morgan fingerprint density at radius 2 is 2.31 bits per heavy atom. The molecule has 2 nitrogen and oxygen atoms in total. The summed E-state index contributed by atoms with van der Waals surface area (Å²) in [6.07, 6.45) is 5.23. The highest BCUT2D eigenvalue weighted by Crippen LogP contribution is 2.21. The van der Waals surface area contributed by atoms with E-state index in [2.05, 4.69) is 17.6 Å². The summed E-state index contributed by atoms with van der Waals surface area (Å²) in [4.78, 5) is 4.53. The first-order valence-corrected chi connectivity index (χ1v) is 4.68. The first kappa shape index (κ1) is 8.45. The normalized spacial score (nSPS) is 16.7. The van der Waals surface area contributed by atoms with E-state index in [1.54, 1.807) is 6.08 Å². The Morgan fingerprint density at radius 3 is 3.08 bits per heavy atom. The Kier molecular flexibility index (Phi) is 2.15. The molecule has 1 aliphatic carbocycles. The fourth-order valence-corrected chi connectivity index (χ4v) is 1.74. The Morgan fingerprint density at radius 1 is 1.46 bits per heavy atom. The van der Waals surface area contributed by atoms with Gasteiger partial charge in [0.15, 0.2) is 0 Å². The molecule has 2 heteroatoms. The van der Waals surface area contributed by atoms with Crippen LogP contribution in [0.5, 0.6) is 0 Å². The lowest BCUT2D eigenvalue weighted by atomic mass is 10.1. The second-order valence-electron chi connectivity index (χ2n) is 3.46. The summed E-state index contributed by atoms with van der Waals surface area (Å²) in [6.45, 7) is 3.67. The lowest BCUT2D eigenvalue weighted by Gasteiger charge is -2.07. The van der Waals surface area contributed by atoms with E-state index in [9.17, 15) is 0 Å². The van der Waals surface area contributed by atoms with Crippen LogP contribution in [0, 0.1) is 0 Å². The number of aryl methyl sites for hydroxylation is 2. The van der Waals surface area contributed by atoms with Gasteiger partial charge in [-0.2, -0.15) is 0 Å².